The molecule has 0 radical (unpaired) electrons. The maximum Gasteiger partial charge on any atom is 0.243 e. The molecule has 1 aliphatic rings. The van der Waals surface area contributed by atoms with E-state index < -0.39 is 10.0 Å². The number of aryl methyl sites for hydroxylation is 2. The number of rotatable bonds is 7. The van der Waals surface area contributed by atoms with Crippen molar-refractivity contribution < 1.29 is 22.5 Å². The van der Waals surface area contributed by atoms with Gasteiger partial charge in [-0.2, -0.15) is 9.29 Å². The van der Waals surface area contributed by atoms with Crippen LogP contribution in [0, 0.1) is 12.8 Å². The number of nitrogens with one attached hydrogen (secondary N) is 1. The zero-order valence-electron chi connectivity index (χ0n) is 19.9. The van der Waals surface area contributed by atoms with Gasteiger partial charge in [-0.25, -0.2) is 8.42 Å². The first-order chi connectivity index (χ1) is 16.7. The first kappa shape index (κ1) is 24.7. The number of Topliss-reactive ketones (excluding diaryl/α,β-unsaturated/α-hetero) is 1. The highest BCUT2D eigenvalue weighted by atomic mass is 32.2. The van der Waals surface area contributed by atoms with Crippen LogP contribution in [-0.4, -0.2) is 47.6 Å². The summed E-state index contributed by atoms with van der Waals surface area (Å²) in [6.45, 7) is 5.59. The van der Waals surface area contributed by atoms with Gasteiger partial charge in [0.15, 0.2) is 5.78 Å². The molecule has 184 valence electrons. The lowest BCUT2D eigenvalue weighted by Crippen LogP contribution is -2.41. The molecule has 0 aliphatic carbocycles. The van der Waals surface area contributed by atoms with E-state index in [-0.39, 0.29) is 35.6 Å². The summed E-state index contributed by atoms with van der Waals surface area (Å²) in [6.07, 6.45) is 1.40. The number of sulfonamides is 1. The van der Waals surface area contributed by atoms with Crippen LogP contribution >= 0.6 is 0 Å². The van der Waals surface area contributed by atoms with Crippen LogP contribution in [0.15, 0.2) is 51.9 Å². The highest BCUT2D eigenvalue weighted by Gasteiger charge is 2.33. The predicted molar refractivity (Wildman–Crippen MR) is 130 cm³/mol. The lowest BCUT2D eigenvalue weighted by atomic mass is 9.97. The Hall–Kier alpha value is -3.37. The van der Waals surface area contributed by atoms with Crippen molar-refractivity contribution in [1.82, 2.24) is 14.4 Å². The Bertz CT molecular complexity index is 1360. The summed E-state index contributed by atoms with van der Waals surface area (Å²) in [5, 5.41) is 6.80. The van der Waals surface area contributed by atoms with E-state index in [2.05, 4.69) is 15.5 Å². The van der Waals surface area contributed by atoms with Crippen molar-refractivity contribution in [3.63, 3.8) is 0 Å². The Labute approximate surface area is 204 Å². The van der Waals surface area contributed by atoms with Gasteiger partial charge >= 0.3 is 0 Å². The van der Waals surface area contributed by atoms with Gasteiger partial charge in [-0.1, -0.05) is 36.3 Å². The molecule has 1 fully saturated rings. The van der Waals surface area contributed by atoms with Crippen molar-refractivity contribution in [2.45, 2.75) is 44.9 Å². The third-order valence-electron chi connectivity index (χ3n) is 6.20. The smallest absolute Gasteiger partial charge is 0.243 e. The quantitative estimate of drug-likeness (QED) is 0.493. The van der Waals surface area contributed by atoms with E-state index in [0.717, 1.165) is 0 Å². The molecule has 0 unspecified atom stereocenters. The van der Waals surface area contributed by atoms with Crippen molar-refractivity contribution in [1.29, 1.82) is 0 Å². The Morgan fingerprint density at radius 1 is 1.14 bits per heavy atom. The van der Waals surface area contributed by atoms with E-state index in [9.17, 15) is 18.0 Å². The molecule has 0 bridgehead atoms. The molecule has 3 aromatic rings. The van der Waals surface area contributed by atoms with Gasteiger partial charge in [-0.3, -0.25) is 9.59 Å². The van der Waals surface area contributed by atoms with Gasteiger partial charge in [0.2, 0.25) is 27.6 Å². The average Bonchev–Trinajstić information content (AvgIpc) is 3.34. The van der Waals surface area contributed by atoms with Crippen molar-refractivity contribution in [2.75, 3.05) is 18.4 Å². The zero-order chi connectivity index (χ0) is 25.2. The van der Waals surface area contributed by atoms with E-state index >= 15 is 0 Å². The van der Waals surface area contributed by atoms with Gasteiger partial charge in [-0.05, 0) is 50.5 Å². The second kappa shape index (κ2) is 10.1. The summed E-state index contributed by atoms with van der Waals surface area (Å²) in [5.41, 5.74) is 2.27. The number of hydrogen-bond donors (Lipinski definition) is 1. The van der Waals surface area contributed by atoms with Gasteiger partial charge in [0.05, 0.1) is 4.90 Å². The monoisotopic (exact) mass is 496 g/mol. The van der Waals surface area contributed by atoms with Crippen LogP contribution in [0.2, 0.25) is 0 Å². The molecule has 10 heteroatoms. The molecule has 1 saturated heterocycles. The molecule has 9 nitrogen and oxygen atoms in total. The number of piperidine rings is 1. The molecular formula is C25H28N4O5S. The number of ketones is 1. The van der Waals surface area contributed by atoms with Crippen LogP contribution < -0.4 is 5.32 Å². The molecule has 35 heavy (non-hydrogen) atoms. The van der Waals surface area contributed by atoms with Gasteiger partial charge < -0.3 is 9.84 Å². The summed E-state index contributed by atoms with van der Waals surface area (Å²) in [5.74, 6) is 0.261. The number of carbonyl (C=O) groups excluding carboxylic acids is 2. The van der Waals surface area contributed by atoms with E-state index in [1.54, 1.807) is 49.4 Å². The first-order valence-corrected chi connectivity index (χ1v) is 13.0. The van der Waals surface area contributed by atoms with E-state index in [0.29, 0.717) is 53.4 Å². The molecule has 4 rings (SSSR count). The minimum Gasteiger partial charge on any atom is -0.339 e. The molecule has 1 aromatic heterocycles. The SMILES string of the molecule is CCc1nc(-c2ccc(C)c(S(=O)(=O)N3CCC(C(=O)Nc4cccc(C(C)=O)c4)CC3)c2)no1. The van der Waals surface area contributed by atoms with Gasteiger partial charge in [-0.15, -0.1) is 0 Å². The Morgan fingerprint density at radius 2 is 1.89 bits per heavy atom. The van der Waals surface area contributed by atoms with E-state index in [1.165, 1.54) is 11.2 Å². The third kappa shape index (κ3) is 5.33. The van der Waals surface area contributed by atoms with Crippen LogP contribution in [0.4, 0.5) is 5.69 Å². The highest BCUT2D eigenvalue weighted by molar-refractivity contribution is 7.89. The number of anilines is 1. The maximum absolute atomic E-state index is 13.5. The lowest BCUT2D eigenvalue weighted by Gasteiger charge is -2.31. The van der Waals surface area contributed by atoms with Crippen LogP contribution in [-0.2, 0) is 21.2 Å². The summed E-state index contributed by atoms with van der Waals surface area (Å²) in [6, 6.07) is 11.9. The molecular weight excluding hydrogens is 468 g/mol. The normalized spacial score (nSPS) is 15.2. The van der Waals surface area contributed by atoms with Crippen LogP contribution in [0.1, 0.15) is 48.5 Å². The van der Waals surface area contributed by atoms with E-state index in [4.69, 9.17) is 4.52 Å². The van der Waals surface area contributed by atoms with Gasteiger partial charge in [0.25, 0.3) is 0 Å². The molecule has 2 aromatic carbocycles. The molecule has 1 amide bonds. The Kier molecular flexibility index (Phi) is 7.13. The summed E-state index contributed by atoms with van der Waals surface area (Å²) < 4.78 is 33.5. The summed E-state index contributed by atoms with van der Waals surface area (Å²) in [4.78, 5) is 28.8. The van der Waals surface area contributed by atoms with Crippen LogP contribution in [0.3, 0.4) is 0 Å². The largest absolute Gasteiger partial charge is 0.339 e. The Morgan fingerprint density at radius 3 is 2.54 bits per heavy atom. The fourth-order valence-corrected chi connectivity index (χ4v) is 5.81. The third-order valence-corrected chi connectivity index (χ3v) is 8.24. The summed E-state index contributed by atoms with van der Waals surface area (Å²) in [7, 11) is -3.77. The number of aromatic nitrogens is 2. The molecule has 0 spiro atoms. The number of hydrogen-bond acceptors (Lipinski definition) is 7. The highest BCUT2D eigenvalue weighted by Crippen LogP contribution is 2.29. The van der Waals surface area contributed by atoms with Crippen molar-refractivity contribution in [3.8, 4) is 11.4 Å². The van der Waals surface area contributed by atoms with Crippen molar-refractivity contribution in [3.05, 3.63) is 59.5 Å². The zero-order valence-corrected chi connectivity index (χ0v) is 20.8. The number of nitrogens with zero attached hydrogens (tertiary/aromatic N) is 3. The Balaban J connectivity index is 1.45. The minimum absolute atomic E-state index is 0.0795. The second-order valence-corrected chi connectivity index (χ2v) is 10.6. The molecule has 0 atom stereocenters. The van der Waals surface area contributed by atoms with Crippen molar-refractivity contribution in [2.24, 2.45) is 5.92 Å². The second-order valence-electron chi connectivity index (χ2n) is 8.65. The topological polar surface area (TPSA) is 122 Å². The summed E-state index contributed by atoms with van der Waals surface area (Å²) >= 11 is 0. The minimum atomic E-state index is -3.77. The predicted octanol–water partition coefficient (Wildman–Crippen LogP) is 3.85. The van der Waals surface area contributed by atoms with Crippen LogP contribution in [0.5, 0.6) is 0 Å². The standard InChI is InChI=1S/C25H28N4O5S/c1-4-23-27-24(28-34-23)20-9-8-16(2)22(15-20)35(32,33)29-12-10-18(11-13-29)25(31)26-21-7-5-6-19(14-21)17(3)30/h5-9,14-15,18H,4,10-13H2,1-3H3,(H,26,31). The van der Waals surface area contributed by atoms with E-state index in [1.807, 2.05) is 6.92 Å². The first-order valence-electron chi connectivity index (χ1n) is 11.5. The number of benzene rings is 2. The lowest BCUT2D eigenvalue weighted by molar-refractivity contribution is -0.120. The average molecular weight is 497 g/mol. The molecule has 2 heterocycles. The number of amides is 1. The fourth-order valence-electron chi connectivity index (χ4n) is 4.09. The molecule has 1 aliphatic heterocycles. The number of carbonyl (C=O) groups is 2. The molecule has 1 N–H and O–H groups in total. The molecule has 0 saturated carbocycles. The fraction of sp³-hybridized carbons (Fsp3) is 0.360. The maximum atomic E-state index is 13.5. The van der Waals surface area contributed by atoms with Gasteiger partial charge in [0.1, 0.15) is 0 Å². The van der Waals surface area contributed by atoms with Crippen molar-refractivity contribution >= 4 is 27.4 Å². The van der Waals surface area contributed by atoms with Crippen LogP contribution in [0.25, 0.3) is 11.4 Å². The van der Waals surface area contributed by atoms with Gasteiger partial charge in [0, 0.05) is 42.2 Å².